The highest BCUT2D eigenvalue weighted by molar-refractivity contribution is 5.79. The van der Waals surface area contributed by atoms with Crippen LogP contribution in [0.3, 0.4) is 0 Å². The highest BCUT2D eigenvalue weighted by atomic mass is 16.7. The van der Waals surface area contributed by atoms with Crippen molar-refractivity contribution >= 4 is 12.1 Å². The lowest BCUT2D eigenvalue weighted by Gasteiger charge is -2.28. The molecule has 0 bridgehead atoms. The molecular weight excluding hydrogens is 418 g/mol. The van der Waals surface area contributed by atoms with Crippen LogP contribution in [-0.2, 0) is 23.7 Å². The maximum Gasteiger partial charge on any atom is 0.407 e. The van der Waals surface area contributed by atoms with Gasteiger partial charge in [-0.3, -0.25) is 0 Å². The number of ether oxygens (including phenoxy) is 4. The Balaban J connectivity index is 1.09. The van der Waals surface area contributed by atoms with Crippen LogP contribution in [0.5, 0.6) is 0 Å². The largest absolute Gasteiger partial charge is 0.479 e. The second-order valence-electron chi connectivity index (χ2n) is 7.94. The molecule has 3 N–H and O–H groups in total. The number of benzene rings is 2. The summed E-state index contributed by atoms with van der Waals surface area (Å²) in [4.78, 5) is 23.4. The lowest BCUT2D eigenvalue weighted by atomic mass is 9.98. The second-order valence-corrected chi connectivity index (χ2v) is 7.94. The van der Waals surface area contributed by atoms with Crippen LogP contribution in [0.25, 0.3) is 11.1 Å². The molecule has 32 heavy (non-hydrogen) atoms. The lowest BCUT2D eigenvalue weighted by Crippen LogP contribution is -2.49. The third-order valence-corrected chi connectivity index (χ3v) is 6.00. The fraction of sp³-hybridized carbons (Fsp3) is 0.391. The van der Waals surface area contributed by atoms with Gasteiger partial charge in [0, 0.05) is 12.5 Å². The maximum atomic E-state index is 12.2. The van der Waals surface area contributed by atoms with E-state index >= 15 is 0 Å². The summed E-state index contributed by atoms with van der Waals surface area (Å²) in [5.74, 6) is -1.20. The second kappa shape index (κ2) is 8.51. The van der Waals surface area contributed by atoms with Gasteiger partial charge < -0.3 is 34.5 Å². The number of fused-ring (bicyclic) bond motifs is 4. The Bertz CT molecular complexity index is 981. The maximum absolute atomic E-state index is 12.2. The van der Waals surface area contributed by atoms with E-state index < -0.39 is 42.8 Å². The molecule has 9 heteroatoms. The number of carbonyl (C=O) groups is 2. The predicted molar refractivity (Wildman–Crippen MR) is 110 cm³/mol. The molecular formula is C23H23NO8. The Labute approximate surface area is 183 Å². The number of carboxylic acids is 1. The molecule has 0 spiro atoms. The number of carbonyl (C=O) groups excluding carboxylic acids is 1. The number of epoxide rings is 1. The molecule has 1 aliphatic carbocycles. The molecule has 2 aromatic rings. The van der Waals surface area contributed by atoms with Crippen LogP contribution in [0.1, 0.15) is 17.0 Å². The summed E-state index contributed by atoms with van der Waals surface area (Å²) < 4.78 is 21.3. The highest BCUT2D eigenvalue weighted by Gasteiger charge is 2.60. The number of rotatable bonds is 7. The SMILES string of the molecule is O=C(NCCOC1OC(C(=O)O)[C@H]2OC2C1O)OCC1c2ccccc2-c2ccccc21. The van der Waals surface area contributed by atoms with Gasteiger partial charge in [0.05, 0.1) is 6.61 Å². The van der Waals surface area contributed by atoms with E-state index in [1.807, 2.05) is 36.4 Å². The Morgan fingerprint density at radius 2 is 1.62 bits per heavy atom. The Kier molecular flexibility index (Phi) is 5.56. The Morgan fingerprint density at radius 3 is 2.28 bits per heavy atom. The molecule has 9 nitrogen and oxygen atoms in total. The van der Waals surface area contributed by atoms with Crippen LogP contribution in [0, 0.1) is 0 Å². The van der Waals surface area contributed by atoms with Gasteiger partial charge in [0.15, 0.2) is 12.4 Å². The first-order valence-electron chi connectivity index (χ1n) is 10.5. The standard InChI is InChI=1S/C23H23NO8/c25-17-18-19(31-18)20(21(26)27)32-22(17)29-10-9-24-23(28)30-11-16-14-7-3-1-5-12(14)13-6-2-4-8-15(13)16/h1-8,16-20,22,25H,9-11H2,(H,24,28)(H,26,27)/t17?,18?,19-,20?,22?/m0/s1. The van der Waals surface area contributed by atoms with Crippen molar-refractivity contribution < 1.29 is 38.7 Å². The first-order valence-corrected chi connectivity index (χ1v) is 10.5. The first kappa shape index (κ1) is 20.9. The van der Waals surface area contributed by atoms with Crippen molar-refractivity contribution in [1.29, 1.82) is 0 Å². The van der Waals surface area contributed by atoms with E-state index in [9.17, 15) is 14.7 Å². The minimum absolute atomic E-state index is 0.00957. The summed E-state index contributed by atoms with van der Waals surface area (Å²) in [5, 5.41) is 21.8. The average molecular weight is 441 g/mol. The van der Waals surface area contributed by atoms with Gasteiger partial charge in [0.2, 0.25) is 0 Å². The van der Waals surface area contributed by atoms with Gasteiger partial charge in [-0.15, -0.1) is 0 Å². The number of carboxylic acid groups (broad SMARTS) is 1. The van der Waals surface area contributed by atoms with Crippen molar-refractivity contribution in [3.8, 4) is 11.1 Å². The predicted octanol–water partition coefficient (Wildman–Crippen LogP) is 1.48. The Morgan fingerprint density at radius 1 is 0.969 bits per heavy atom. The normalized spacial score (nSPS) is 27.7. The number of aliphatic hydroxyl groups excluding tert-OH is 1. The molecule has 3 aliphatic rings. The third kappa shape index (κ3) is 3.84. The van der Waals surface area contributed by atoms with Gasteiger partial charge in [0.25, 0.3) is 0 Å². The van der Waals surface area contributed by atoms with Crippen LogP contribution in [-0.4, -0.2) is 72.7 Å². The van der Waals surface area contributed by atoms with E-state index in [0.29, 0.717) is 0 Å². The van der Waals surface area contributed by atoms with E-state index in [1.54, 1.807) is 0 Å². The fourth-order valence-electron chi connectivity index (χ4n) is 4.43. The molecule has 2 aliphatic heterocycles. The summed E-state index contributed by atoms with van der Waals surface area (Å²) >= 11 is 0. The van der Waals surface area contributed by atoms with Gasteiger partial charge in [-0.25, -0.2) is 9.59 Å². The van der Waals surface area contributed by atoms with Crippen molar-refractivity contribution in [1.82, 2.24) is 5.32 Å². The van der Waals surface area contributed by atoms with Gasteiger partial charge in [-0.2, -0.15) is 0 Å². The van der Waals surface area contributed by atoms with Crippen molar-refractivity contribution in [2.24, 2.45) is 0 Å². The van der Waals surface area contributed by atoms with E-state index in [4.69, 9.17) is 24.1 Å². The van der Waals surface area contributed by atoms with Crippen molar-refractivity contribution in [2.45, 2.75) is 36.6 Å². The number of aliphatic carboxylic acids is 1. The van der Waals surface area contributed by atoms with E-state index in [0.717, 1.165) is 22.3 Å². The zero-order valence-corrected chi connectivity index (χ0v) is 17.0. The topological polar surface area (TPSA) is 127 Å². The van der Waals surface area contributed by atoms with E-state index in [2.05, 4.69) is 17.4 Å². The molecule has 2 aromatic carbocycles. The first-order chi connectivity index (χ1) is 15.5. The molecule has 0 radical (unpaired) electrons. The van der Waals surface area contributed by atoms with Crippen LogP contribution in [0.2, 0.25) is 0 Å². The average Bonchev–Trinajstić information content (AvgIpc) is 3.54. The fourth-order valence-corrected chi connectivity index (χ4v) is 4.43. The van der Waals surface area contributed by atoms with Crippen molar-refractivity contribution in [2.75, 3.05) is 19.8 Å². The minimum atomic E-state index is -1.18. The molecule has 2 fully saturated rings. The summed E-state index contributed by atoms with van der Waals surface area (Å²) in [5.41, 5.74) is 4.56. The molecule has 5 rings (SSSR count). The molecule has 0 aromatic heterocycles. The summed E-state index contributed by atoms with van der Waals surface area (Å²) in [7, 11) is 0. The molecule has 2 heterocycles. The third-order valence-electron chi connectivity index (χ3n) is 6.00. The Hall–Kier alpha value is -2.98. The van der Waals surface area contributed by atoms with Crippen molar-refractivity contribution in [3.05, 3.63) is 59.7 Å². The quantitative estimate of drug-likeness (QED) is 0.436. The van der Waals surface area contributed by atoms with Crippen LogP contribution >= 0.6 is 0 Å². The summed E-state index contributed by atoms with van der Waals surface area (Å²) in [6.07, 6.45) is -5.24. The van der Waals surface area contributed by atoms with Gasteiger partial charge in [0.1, 0.15) is 24.9 Å². The number of amides is 1. The summed E-state index contributed by atoms with van der Waals surface area (Å²) in [6.45, 7) is 0.317. The smallest absolute Gasteiger partial charge is 0.407 e. The minimum Gasteiger partial charge on any atom is -0.479 e. The molecule has 5 atom stereocenters. The van der Waals surface area contributed by atoms with Crippen LogP contribution < -0.4 is 5.32 Å². The van der Waals surface area contributed by atoms with Gasteiger partial charge in [-0.05, 0) is 22.3 Å². The molecule has 168 valence electrons. The number of nitrogens with one attached hydrogen (secondary N) is 1. The van der Waals surface area contributed by atoms with Crippen LogP contribution in [0.15, 0.2) is 48.5 Å². The lowest BCUT2D eigenvalue weighted by molar-refractivity contribution is -0.232. The van der Waals surface area contributed by atoms with E-state index in [-0.39, 0.29) is 25.7 Å². The number of hydrogen-bond acceptors (Lipinski definition) is 7. The van der Waals surface area contributed by atoms with E-state index in [1.165, 1.54) is 0 Å². The number of hydrogen-bond donors (Lipinski definition) is 3. The zero-order chi connectivity index (χ0) is 22.2. The van der Waals surface area contributed by atoms with Gasteiger partial charge >= 0.3 is 12.1 Å². The monoisotopic (exact) mass is 441 g/mol. The number of aliphatic hydroxyl groups is 1. The number of alkyl carbamates (subject to hydrolysis) is 1. The highest BCUT2D eigenvalue weighted by Crippen LogP contribution is 2.44. The van der Waals surface area contributed by atoms with Gasteiger partial charge in [-0.1, -0.05) is 48.5 Å². The zero-order valence-electron chi connectivity index (χ0n) is 17.0. The molecule has 4 unspecified atom stereocenters. The van der Waals surface area contributed by atoms with Crippen LogP contribution in [0.4, 0.5) is 4.79 Å². The van der Waals surface area contributed by atoms with Crippen molar-refractivity contribution in [3.63, 3.8) is 0 Å². The molecule has 1 amide bonds. The molecule has 0 saturated carbocycles. The molecule has 2 saturated heterocycles. The summed E-state index contributed by atoms with van der Waals surface area (Å²) in [6, 6.07) is 16.2.